The number of ketones is 1. The van der Waals surface area contributed by atoms with E-state index < -0.39 is 35.3 Å². The summed E-state index contributed by atoms with van der Waals surface area (Å²) in [7, 11) is 0. The molecule has 0 radical (unpaired) electrons. The van der Waals surface area contributed by atoms with Crippen LogP contribution >= 0.6 is 11.6 Å². The van der Waals surface area contributed by atoms with E-state index in [1.54, 1.807) is 30.3 Å². The molecule has 0 aliphatic carbocycles. The van der Waals surface area contributed by atoms with Gasteiger partial charge in [-0.1, -0.05) is 66.2 Å². The number of amides is 1. The monoisotopic (exact) mass is 477 g/mol. The van der Waals surface area contributed by atoms with Gasteiger partial charge < -0.3 is 15.5 Å². The zero-order chi connectivity index (χ0) is 24.4. The zero-order valence-electron chi connectivity index (χ0n) is 17.2. The molecule has 0 bridgehead atoms. The van der Waals surface area contributed by atoms with Crippen LogP contribution < -0.4 is 5.32 Å². The second-order valence-electron chi connectivity index (χ2n) is 7.50. The van der Waals surface area contributed by atoms with E-state index in [0.29, 0.717) is 12.5 Å². The zero-order valence-corrected chi connectivity index (χ0v) is 18.0. The molecule has 3 aromatic carbocycles. The van der Waals surface area contributed by atoms with E-state index in [-0.39, 0.29) is 21.7 Å². The van der Waals surface area contributed by atoms with Gasteiger partial charge in [-0.05, 0) is 30.7 Å². The van der Waals surface area contributed by atoms with E-state index in [1.807, 2.05) is 0 Å². The predicted molar refractivity (Wildman–Crippen MR) is 116 cm³/mol. The molecule has 0 saturated carbocycles. The SMILES string of the molecule is CC(O)(C(NC(=O)c1ccccc1O)c1ccc(C(=O)c2ccccc2)cc1Cl)C(F)(F)F. The maximum atomic E-state index is 13.7. The van der Waals surface area contributed by atoms with Gasteiger partial charge in [0, 0.05) is 16.1 Å². The van der Waals surface area contributed by atoms with Crippen LogP contribution in [0.1, 0.15) is 44.8 Å². The minimum absolute atomic E-state index is 0.118. The number of carbonyl (C=O) groups excluding carboxylic acids is 2. The average Bonchev–Trinajstić information content (AvgIpc) is 2.77. The van der Waals surface area contributed by atoms with Crippen LogP contribution in [0, 0.1) is 0 Å². The summed E-state index contributed by atoms with van der Waals surface area (Å²) in [5.74, 6) is -1.90. The lowest BCUT2D eigenvalue weighted by Crippen LogP contribution is -2.53. The molecule has 0 aliphatic rings. The highest BCUT2D eigenvalue weighted by molar-refractivity contribution is 6.32. The van der Waals surface area contributed by atoms with E-state index in [2.05, 4.69) is 5.32 Å². The fourth-order valence-corrected chi connectivity index (χ4v) is 3.51. The third-order valence-electron chi connectivity index (χ3n) is 5.17. The first-order valence-electron chi connectivity index (χ1n) is 9.70. The van der Waals surface area contributed by atoms with Gasteiger partial charge in [-0.15, -0.1) is 0 Å². The molecule has 2 unspecified atom stereocenters. The largest absolute Gasteiger partial charge is 0.507 e. The second kappa shape index (κ2) is 9.25. The first-order chi connectivity index (χ1) is 15.4. The van der Waals surface area contributed by atoms with Gasteiger partial charge in [0.25, 0.3) is 5.91 Å². The number of nitrogens with one attached hydrogen (secondary N) is 1. The first-order valence-corrected chi connectivity index (χ1v) is 10.1. The second-order valence-corrected chi connectivity index (χ2v) is 7.91. The molecule has 9 heteroatoms. The Morgan fingerprint density at radius 3 is 2.12 bits per heavy atom. The van der Waals surface area contributed by atoms with Crippen molar-refractivity contribution in [3.05, 3.63) is 100 Å². The van der Waals surface area contributed by atoms with Gasteiger partial charge in [0.15, 0.2) is 11.4 Å². The average molecular weight is 478 g/mol. The van der Waals surface area contributed by atoms with Crippen LogP contribution in [0.15, 0.2) is 72.8 Å². The molecule has 172 valence electrons. The standard InChI is InChI=1S/C24H19ClF3NO4/c1-23(33,24(26,27)28)21(29-22(32)17-9-5-6-10-19(17)30)16-12-11-15(13-18(16)25)20(31)14-7-3-2-4-8-14/h2-13,21,30,33H,1H3,(H,29,32). The topological polar surface area (TPSA) is 86.6 Å². The smallest absolute Gasteiger partial charge is 0.419 e. The third-order valence-corrected chi connectivity index (χ3v) is 5.50. The number of aromatic hydroxyl groups is 1. The Labute approximate surface area is 192 Å². The van der Waals surface area contributed by atoms with Gasteiger partial charge in [-0.25, -0.2) is 0 Å². The Hall–Kier alpha value is -3.36. The minimum atomic E-state index is -5.15. The molecule has 0 spiro atoms. The highest BCUT2D eigenvalue weighted by atomic mass is 35.5. The number of rotatable bonds is 6. The molecule has 0 aromatic heterocycles. The molecule has 0 fully saturated rings. The lowest BCUT2D eigenvalue weighted by atomic mass is 9.88. The summed E-state index contributed by atoms with van der Waals surface area (Å²) in [5.41, 5.74) is -3.50. The van der Waals surface area contributed by atoms with Crippen molar-refractivity contribution in [2.24, 2.45) is 0 Å². The van der Waals surface area contributed by atoms with Gasteiger partial charge in [-0.3, -0.25) is 9.59 Å². The predicted octanol–water partition coefficient (Wildman–Crippen LogP) is 5.06. The van der Waals surface area contributed by atoms with Gasteiger partial charge in [0.1, 0.15) is 5.75 Å². The molecule has 0 aliphatic heterocycles. The molecule has 3 aromatic rings. The summed E-state index contributed by atoms with van der Waals surface area (Å²) in [6.45, 7) is 0.502. The van der Waals surface area contributed by atoms with Crippen LogP contribution in [0.5, 0.6) is 5.75 Å². The number of halogens is 4. The van der Waals surface area contributed by atoms with Crippen molar-refractivity contribution in [3.8, 4) is 5.75 Å². The maximum absolute atomic E-state index is 13.7. The van der Waals surface area contributed by atoms with Gasteiger partial charge in [-0.2, -0.15) is 13.2 Å². The summed E-state index contributed by atoms with van der Waals surface area (Å²) >= 11 is 6.24. The lowest BCUT2D eigenvalue weighted by molar-refractivity contribution is -0.263. The maximum Gasteiger partial charge on any atom is 0.419 e. The summed E-state index contributed by atoms with van der Waals surface area (Å²) < 4.78 is 41.1. The molecule has 0 saturated heterocycles. The van der Waals surface area contributed by atoms with Crippen LogP contribution in [0.3, 0.4) is 0 Å². The van der Waals surface area contributed by atoms with Gasteiger partial charge in [0.2, 0.25) is 0 Å². The van der Waals surface area contributed by atoms with Crippen LogP contribution in [0.25, 0.3) is 0 Å². The molecular formula is C24H19ClF3NO4. The Morgan fingerprint density at radius 1 is 0.939 bits per heavy atom. The Bertz CT molecular complexity index is 1180. The molecule has 33 heavy (non-hydrogen) atoms. The van der Waals surface area contributed by atoms with Crippen LogP contribution in [-0.4, -0.2) is 33.7 Å². The molecule has 0 heterocycles. The van der Waals surface area contributed by atoms with Crippen LogP contribution in [0.2, 0.25) is 5.02 Å². The van der Waals surface area contributed by atoms with Crippen molar-refractivity contribution in [1.29, 1.82) is 0 Å². The number of hydrogen-bond donors (Lipinski definition) is 3. The number of carbonyl (C=O) groups is 2. The fourth-order valence-electron chi connectivity index (χ4n) is 3.22. The summed E-state index contributed by atoms with van der Waals surface area (Å²) in [4.78, 5) is 25.3. The number of aliphatic hydroxyl groups is 1. The lowest BCUT2D eigenvalue weighted by Gasteiger charge is -2.36. The van der Waals surface area contributed by atoms with E-state index >= 15 is 0 Å². The van der Waals surface area contributed by atoms with E-state index in [4.69, 9.17) is 11.6 Å². The summed E-state index contributed by atoms with van der Waals surface area (Å²) in [6, 6.07) is 15.0. The highest BCUT2D eigenvalue weighted by Crippen LogP contribution is 2.42. The van der Waals surface area contributed by atoms with E-state index in [9.17, 15) is 33.0 Å². The quantitative estimate of drug-likeness (QED) is 0.433. The number of phenols is 1. The number of phenolic OH excluding ortho intramolecular Hbond substituents is 1. The minimum Gasteiger partial charge on any atom is -0.507 e. The van der Waals surface area contributed by atoms with Crippen molar-refractivity contribution >= 4 is 23.3 Å². The van der Waals surface area contributed by atoms with E-state index in [1.165, 1.54) is 36.4 Å². The van der Waals surface area contributed by atoms with Crippen LogP contribution in [-0.2, 0) is 0 Å². The van der Waals surface area contributed by atoms with Crippen molar-refractivity contribution in [3.63, 3.8) is 0 Å². The number of hydrogen-bond acceptors (Lipinski definition) is 4. The number of para-hydroxylation sites is 1. The molecule has 3 rings (SSSR count). The van der Waals surface area contributed by atoms with Crippen LogP contribution in [0.4, 0.5) is 13.2 Å². The van der Waals surface area contributed by atoms with E-state index in [0.717, 1.165) is 6.07 Å². The first kappa shape index (κ1) is 24.3. The third kappa shape index (κ3) is 5.02. The van der Waals surface area contributed by atoms with Gasteiger partial charge >= 0.3 is 6.18 Å². The van der Waals surface area contributed by atoms with Crippen molar-refractivity contribution < 1.29 is 33.0 Å². The summed E-state index contributed by atoms with van der Waals surface area (Å²) in [6.07, 6.45) is -5.15. The molecule has 1 amide bonds. The molecular weight excluding hydrogens is 459 g/mol. The normalized spacial score (nSPS) is 14.2. The Morgan fingerprint density at radius 2 is 1.55 bits per heavy atom. The Kier molecular flexibility index (Phi) is 6.81. The summed E-state index contributed by atoms with van der Waals surface area (Å²) in [5, 5.41) is 22.1. The van der Waals surface area contributed by atoms with Crippen molar-refractivity contribution in [2.75, 3.05) is 0 Å². The van der Waals surface area contributed by atoms with Crippen molar-refractivity contribution in [2.45, 2.75) is 24.7 Å². The Balaban J connectivity index is 2.03. The number of alkyl halides is 3. The number of benzene rings is 3. The molecule has 5 nitrogen and oxygen atoms in total. The van der Waals surface area contributed by atoms with Crippen molar-refractivity contribution in [1.82, 2.24) is 5.32 Å². The molecule has 2 atom stereocenters. The van der Waals surface area contributed by atoms with Gasteiger partial charge in [0.05, 0.1) is 11.6 Å². The fraction of sp³-hybridized carbons (Fsp3) is 0.167. The highest BCUT2D eigenvalue weighted by Gasteiger charge is 2.56. The molecule has 3 N–H and O–H groups in total.